The molecule has 1 aliphatic heterocycles. The molecule has 1 aliphatic rings. The van der Waals surface area contributed by atoms with Crippen molar-refractivity contribution in [2.75, 3.05) is 20.1 Å². The fraction of sp³-hybridized carbons (Fsp3) is 0.467. The number of carbonyl (C=O) groups is 2. The monoisotopic (exact) mass is 262 g/mol. The zero-order valence-electron chi connectivity index (χ0n) is 11.7. The summed E-state index contributed by atoms with van der Waals surface area (Å²) >= 11 is 0. The van der Waals surface area contributed by atoms with Crippen LogP contribution in [0.4, 0.5) is 0 Å². The first kappa shape index (κ1) is 15.2. The molecule has 1 N–H and O–H groups in total. The van der Waals surface area contributed by atoms with Crippen molar-refractivity contribution in [3.05, 3.63) is 35.7 Å². The molecule has 0 unspecified atom stereocenters. The molecule has 0 aromatic rings. The van der Waals surface area contributed by atoms with Crippen LogP contribution in [0.3, 0.4) is 0 Å². The standard InChI is InChI=1S/C15H22N2O2/c1-13(19)14(8-12-18)15(7-6-9-16-2)17-10-4-3-5-11-17/h6-9,12,16H,3-5,10-11H2,1-2H3/b9-6+,14-8-,15-7+. The van der Waals surface area contributed by atoms with Gasteiger partial charge in [-0.25, -0.2) is 0 Å². The average molecular weight is 262 g/mol. The smallest absolute Gasteiger partial charge is 0.162 e. The summed E-state index contributed by atoms with van der Waals surface area (Å²) in [5.41, 5.74) is 1.32. The molecule has 0 bridgehead atoms. The minimum absolute atomic E-state index is 0.0817. The Balaban J connectivity index is 3.05. The largest absolute Gasteiger partial charge is 0.394 e. The van der Waals surface area contributed by atoms with Gasteiger partial charge in [0.05, 0.1) is 0 Å². The van der Waals surface area contributed by atoms with Gasteiger partial charge in [0.15, 0.2) is 5.78 Å². The number of piperidine rings is 1. The van der Waals surface area contributed by atoms with E-state index in [2.05, 4.69) is 10.2 Å². The van der Waals surface area contributed by atoms with Gasteiger partial charge in [-0.2, -0.15) is 0 Å². The first-order chi connectivity index (χ1) is 9.20. The summed E-state index contributed by atoms with van der Waals surface area (Å²) in [4.78, 5) is 24.6. The molecule has 1 heterocycles. The number of aldehydes is 1. The van der Waals surface area contributed by atoms with Crippen LogP contribution in [-0.4, -0.2) is 37.1 Å². The normalized spacial score (nSPS) is 17.7. The highest BCUT2D eigenvalue weighted by molar-refractivity contribution is 6.00. The Labute approximate surface area is 114 Å². The van der Waals surface area contributed by atoms with Gasteiger partial charge in [0.1, 0.15) is 6.29 Å². The molecule has 0 aliphatic carbocycles. The number of likely N-dealkylation sites (tertiary alicyclic amines) is 1. The Morgan fingerprint density at radius 1 is 1.16 bits per heavy atom. The number of carbonyl (C=O) groups excluding carboxylic acids is 2. The molecule has 104 valence electrons. The summed E-state index contributed by atoms with van der Waals surface area (Å²) < 4.78 is 0. The minimum atomic E-state index is -0.0817. The number of nitrogens with zero attached hydrogens (tertiary/aromatic N) is 1. The van der Waals surface area contributed by atoms with Gasteiger partial charge in [0, 0.05) is 31.4 Å². The zero-order chi connectivity index (χ0) is 14.1. The number of allylic oxidation sites excluding steroid dienone is 4. The van der Waals surface area contributed by atoms with Gasteiger partial charge in [-0.3, -0.25) is 9.59 Å². The topological polar surface area (TPSA) is 49.4 Å². The SMILES string of the molecule is CN/C=C/C=C(\C(=C/C=O)C(C)=O)N1CCCCC1. The Bertz CT molecular complexity index is 402. The summed E-state index contributed by atoms with van der Waals surface area (Å²) in [5, 5.41) is 2.91. The highest BCUT2D eigenvalue weighted by Crippen LogP contribution is 2.21. The second kappa shape index (κ2) is 8.29. The van der Waals surface area contributed by atoms with Crippen LogP contribution < -0.4 is 5.32 Å². The third-order valence-electron chi connectivity index (χ3n) is 3.10. The van der Waals surface area contributed by atoms with E-state index in [-0.39, 0.29) is 5.78 Å². The van der Waals surface area contributed by atoms with E-state index in [1.807, 2.05) is 19.2 Å². The van der Waals surface area contributed by atoms with Crippen LogP contribution in [-0.2, 0) is 9.59 Å². The second-order valence-corrected chi connectivity index (χ2v) is 4.52. The van der Waals surface area contributed by atoms with E-state index in [9.17, 15) is 9.59 Å². The molecule has 19 heavy (non-hydrogen) atoms. The lowest BCUT2D eigenvalue weighted by Crippen LogP contribution is -2.31. The first-order valence-corrected chi connectivity index (χ1v) is 6.66. The Hall–Kier alpha value is -1.84. The third kappa shape index (κ3) is 4.73. The van der Waals surface area contributed by atoms with E-state index < -0.39 is 0 Å². The molecular weight excluding hydrogens is 240 g/mol. The maximum absolute atomic E-state index is 11.7. The van der Waals surface area contributed by atoms with Crippen molar-refractivity contribution in [2.24, 2.45) is 0 Å². The van der Waals surface area contributed by atoms with Crippen molar-refractivity contribution < 1.29 is 9.59 Å². The highest BCUT2D eigenvalue weighted by atomic mass is 16.1. The van der Waals surface area contributed by atoms with Crippen molar-refractivity contribution >= 4 is 12.1 Å². The van der Waals surface area contributed by atoms with Gasteiger partial charge in [0.25, 0.3) is 0 Å². The highest BCUT2D eigenvalue weighted by Gasteiger charge is 2.18. The predicted molar refractivity (Wildman–Crippen MR) is 76.5 cm³/mol. The number of rotatable bonds is 6. The molecule has 4 heteroatoms. The van der Waals surface area contributed by atoms with E-state index in [0.29, 0.717) is 11.9 Å². The van der Waals surface area contributed by atoms with Gasteiger partial charge in [-0.15, -0.1) is 0 Å². The fourth-order valence-electron chi connectivity index (χ4n) is 2.19. The molecule has 0 radical (unpaired) electrons. The quantitative estimate of drug-likeness (QED) is 0.450. The van der Waals surface area contributed by atoms with Crippen molar-refractivity contribution in [2.45, 2.75) is 26.2 Å². The third-order valence-corrected chi connectivity index (χ3v) is 3.10. The molecule has 4 nitrogen and oxygen atoms in total. The van der Waals surface area contributed by atoms with Gasteiger partial charge >= 0.3 is 0 Å². The van der Waals surface area contributed by atoms with Gasteiger partial charge in [0.2, 0.25) is 0 Å². The summed E-state index contributed by atoms with van der Waals surface area (Å²) in [6.45, 7) is 3.36. The molecule has 0 spiro atoms. The number of ketones is 1. The molecule has 0 aromatic carbocycles. The molecule has 0 saturated carbocycles. The Morgan fingerprint density at radius 3 is 2.37 bits per heavy atom. The van der Waals surface area contributed by atoms with Crippen LogP contribution in [0.5, 0.6) is 0 Å². The van der Waals surface area contributed by atoms with E-state index in [1.165, 1.54) is 19.4 Å². The zero-order valence-corrected chi connectivity index (χ0v) is 11.7. The maximum atomic E-state index is 11.7. The molecule has 1 fully saturated rings. The maximum Gasteiger partial charge on any atom is 0.162 e. The van der Waals surface area contributed by atoms with Gasteiger partial charge in [-0.05, 0) is 50.6 Å². The molecular formula is C15H22N2O2. The number of nitrogens with one attached hydrogen (secondary N) is 1. The summed E-state index contributed by atoms with van der Waals surface area (Å²) in [6, 6.07) is 0. The lowest BCUT2D eigenvalue weighted by molar-refractivity contribution is -0.114. The lowest BCUT2D eigenvalue weighted by atomic mass is 10.0. The molecule has 1 saturated heterocycles. The molecule has 0 aromatic heterocycles. The summed E-state index contributed by atoms with van der Waals surface area (Å²) in [5.74, 6) is -0.0817. The Morgan fingerprint density at radius 2 is 1.84 bits per heavy atom. The van der Waals surface area contributed by atoms with Gasteiger partial charge in [-0.1, -0.05) is 0 Å². The predicted octanol–water partition coefficient (Wildman–Crippen LogP) is 1.80. The van der Waals surface area contributed by atoms with Crippen molar-refractivity contribution in [1.29, 1.82) is 0 Å². The van der Waals surface area contributed by atoms with Crippen LogP contribution in [0.2, 0.25) is 0 Å². The number of hydrogen-bond acceptors (Lipinski definition) is 4. The van der Waals surface area contributed by atoms with Crippen molar-refractivity contribution in [3.63, 3.8) is 0 Å². The van der Waals surface area contributed by atoms with Crippen molar-refractivity contribution in [3.8, 4) is 0 Å². The van der Waals surface area contributed by atoms with Crippen LogP contribution in [0.1, 0.15) is 26.2 Å². The molecule has 1 rings (SSSR count). The van der Waals surface area contributed by atoms with Crippen LogP contribution in [0, 0.1) is 0 Å². The van der Waals surface area contributed by atoms with E-state index in [4.69, 9.17) is 0 Å². The fourth-order valence-corrected chi connectivity index (χ4v) is 2.19. The van der Waals surface area contributed by atoms with E-state index >= 15 is 0 Å². The van der Waals surface area contributed by atoms with E-state index in [0.717, 1.165) is 31.6 Å². The van der Waals surface area contributed by atoms with Gasteiger partial charge < -0.3 is 10.2 Å². The number of Topliss-reactive ketones (excluding diaryl/α,β-unsaturated/α-hetero) is 1. The summed E-state index contributed by atoms with van der Waals surface area (Å²) in [7, 11) is 1.82. The lowest BCUT2D eigenvalue weighted by Gasteiger charge is -2.31. The number of hydrogen-bond donors (Lipinski definition) is 1. The van der Waals surface area contributed by atoms with Crippen LogP contribution in [0.15, 0.2) is 35.7 Å². The molecule has 0 amide bonds. The first-order valence-electron chi connectivity index (χ1n) is 6.66. The van der Waals surface area contributed by atoms with E-state index in [1.54, 1.807) is 6.20 Å². The minimum Gasteiger partial charge on any atom is -0.394 e. The van der Waals surface area contributed by atoms with Crippen molar-refractivity contribution in [1.82, 2.24) is 10.2 Å². The molecule has 0 atom stereocenters. The summed E-state index contributed by atoms with van der Waals surface area (Å²) in [6.07, 6.45) is 11.0. The van der Waals surface area contributed by atoms with Crippen LogP contribution in [0.25, 0.3) is 0 Å². The van der Waals surface area contributed by atoms with Crippen LogP contribution >= 0.6 is 0 Å². The average Bonchev–Trinajstić information content (AvgIpc) is 2.42. The second-order valence-electron chi connectivity index (χ2n) is 4.52. The Kier molecular flexibility index (Phi) is 6.64.